The number of hydrogen-bond donors (Lipinski definition) is 1. The van der Waals surface area contributed by atoms with Gasteiger partial charge in [0.1, 0.15) is 0 Å². The number of ether oxygens (including phenoxy) is 3. The quantitative estimate of drug-likeness (QED) is 0.264. The van der Waals surface area contributed by atoms with E-state index in [2.05, 4.69) is 41.0 Å². The molecule has 2 atom stereocenters. The van der Waals surface area contributed by atoms with Gasteiger partial charge in [-0.05, 0) is 63.0 Å². The van der Waals surface area contributed by atoms with Crippen molar-refractivity contribution in [3.05, 3.63) is 23.9 Å². The summed E-state index contributed by atoms with van der Waals surface area (Å²) in [5.74, 6) is 2.23. The standard InChI is InChI=1S/C25H42N4O3.HI/c1-19(2)15-20(3)32-24-16-21(8-11-27-24)17-28-25(26-4)29-12-9-22(10-13-29)31-18-23-7-5-6-14-30-23;/h8,11,16,19-20,22-23H,5-7,9-10,12-15,17-18H2,1-4H3,(H,26,28);1H. The average molecular weight is 575 g/mol. The number of aromatic nitrogens is 1. The second-order valence-corrected chi connectivity index (χ2v) is 9.47. The van der Waals surface area contributed by atoms with Gasteiger partial charge in [-0.2, -0.15) is 0 Å². The van der Waals surface area contributed by atoms with Crippen LogP contribution in [0.4, 0.5) is 0 Å². The predicted octanol–water partition coefficient (Wildman–Crippen LogP) is 4.64. The predicted molar refractivity (Wildman–Crippen MR) is 144 cm³/mol. The largest absolute Gasteiger partial charge is 0.475 e. The van der Waals surface area contributed by atoms with Crippen LogP contribution in [0.1, 0.15) is 64.9 Å². The molecule has 0 bridgehead atoms. The van der Waals surface area contributed by atoms with Crippen LogP contribution in [0.2, 0.25) is 0 Å². The molecule has 0 radical (unpaired) electrons. The minimum absolute atomic E-state index is 0. The zero-order valence-electron chi connectivity index (χ0n) is 20.8. The summed E-state index contributed by atoms with van der Waals surface area (Å²) in [7, 11) is 1.85. The van der Waals surface area contributed by atoms with E-state index in [1.54, 1.807) is 0 Å². The second-order valence-electron chi connectivity index (χ2n) is 9.47. The Morgan fingerprint density at radius 3 is 2.70 bits per heavy atom. The molecule has 2 saturated heterocycles. The van der Waals surface area contributed by atoms with Crippen LogP contribution < -0.4 is 10.1 Å². The van der Waals surface area contributed by atoms with E-state index >= 15 is 0 Å². The molecule has 2 aliphatic rings. The number of hydrogen-bond acceptors (Lipinski definition) is 5. The molecule has 1 aromatic rings. The van der Waals surface area contributed by atoms with E-state index in [0.29, 0.717) is 30.6 Å². The highest BCUT2D eigenvalue weighted by atomic mass is 127. The maximum atomic E-state index is 6.15. The molecule has 2 aliphatic heterocycles. The Morgan fingerprint density at radius 1 is 1.24 bits per heavy atom. The first-order valence-electron chi connectivity index (χ1n) is 12.3. The van der Waals surface area contributed by atoms with Gasteiger partial charge in [0.25, 0.3) is 0 Å². The van der Waals surface area contributed by atoms with Crippen molar-refractivity contribution in [1.29, 1.82) is 0 Å². The molecule has 1 aromatic heterocycles. The van der Waals surface area contributed by atoms with Crippen molar-refractivity contribution in [2.45, 2.75) is 84.2 Å². The van der Waals surface area contributed by atoms with Gasteiger partial charge in [0.2, 0.25) is 5.88 Å². The van der Waals surface area contributed by atoms with Crippen LogP contribution in [0, 0.1) is 5.92 Å². The lowest BCUT2D eigenvalue weighted by Crippen LogP contribution is -2.47. The molecule has 0 saturated carbocycles. The lowest BCUT2D eigenvalue weighted by Gasteiger charge is -2.35. The summed E-state index contributed by atoms with van der Waals surface area (Å²) in [6.07, 6.45) is 9.23. The van der Waals surface area contributed by atoms with E-state index in [4.69, 9.17) is 14.2 Å². The fourth-order valence-corrected chi connectivity index (χ4v) is 4.47. The zero-order chi connectivity index (χ0) is 22.8. The van der Waals surface area contributed by atoms with E-state index < -0.39 is 0 Å². The van der Waals surface area contributed by atoms with Crippen LogP contribution in [0.3, 0.4) is 0 Å². The number of likely N-dealkylation sites (tertiary alicyclic amines) is 1. The van der Waals surface area contributed by atoms with Gasteiger partial charge in [-0.15, -0.1) is 24.0 Å². The molecule has 0 aliphatic carbocycles. The van der Waals surface area contributed by atoms with Gasteiger partial charge < -0.3 is 24.4 Å². The van der Waals surface area contributed by atoms with Crippen LogP contribution in [-0.4, -0.2) is 67.5 Å². The molecule has 8 heteroatoms. The van der Waals surface area contributed by atoms with Crippen LogP contribution in [0.15, 0.2) is 23.3 Å². The lowest BCUT2D eigenvalue weighted by atomic mass is 10.1. The third-order valence-corrected chi connectivity index (χ3v) is 6.12. The van der Waals surface area contributed by atoms with Crippen molar-refractivity contribution >= 4 is 29.9 Å². The Morgan fingerprint density at radius 2 is 2.03 bits per heavy atom. The molecule has 2 fully saturated rings. The first-order valence-corrected chi connectivity index (χ1v) is 12.3. The summed E-state index contributed by atoms with van der Waals surface area (Å²) in [4.78, 5) is 11.2. The molecule has 1 N–H and O–H groups in total. The highest BCUT2D eigenvalue weighted by Crippen LogP contribution is 2.18. The molecule has 188 valence electrons. The molecule has 0 spiro atoms. The fraction of sp³-hybridized carbons (Fsp3) is 0.760. The maximum Gasteiger partial charge on any atom is 0.213 e. The SMILES string of the molecule is CN=C(NCc1ccnc(OC(C)CC(C)C)c1)N1CCC(OCC2CCCCO2)CC1.I. The normalized spacial score (nSPS) is 20.9. The number of guanidine groups is 1. The third kappa shape index (κ3) is 9.94. The molecule has 0 amide bonds. The molecular weight excluding hydrogens is 531 g/mol. The number of aliphatic imine (C=N–C) groups is 1. The van der Waals surface area contributed by atoms with Crippen molar-refractivity contribution in [3.63, 3.8) is 0 Å². The van der Waals surface area contributed by atoms with Crippen molar-refractivity contribution in [1.82, 2.24) is 15.2 Å². The van der Waals surface area contributed by atoms with Gasteiger partial charge in [-0.1, -0.05) is 13.8 Å². The average Bonchev–Trinajstić information content (AvgIpc) is 2.79. The number of rotatable bonds is 9. The first-order chi connectivity index (χ1) is 15.5. The minimum Gasteiger partial charge on any atom is -0.475 e. The number of nitrogens with zero attached hydrogens (tertiary/aromatic N) is 3. The van der Waals surface area contributed by atoms with E-state index in [1.807, 2.05) is 25.4 Å². The van der Waals surface area contributed by atoms with Crippen molar-refractivity contribution < 1.29 is 14.2 Å². The van der Waals surface area contributed by atoms with E-state index in [1.165, 1.54) is 12.8 Å². The highest BCUT2D eigenvalue weighted by Gasteiger charge is 2.23. The number of nitrogens with one attached hydrogen (secondary N) is 1. The molecule has 7 nitrogen and oxygen atoms in total. The van der Waals surface area contributed by atoms with Gasteiger partial charge in [0, 0.05) is 45.6 Å². The number of piperidine rings is 1. The Bertz CT molecular complexity index is 705. The van der Waals surface area contributed by atoms with Crippen LogP contribution >= 0.6 is 24.0 Å². The molecular formula is C25H43IN4O3. The van der Waals surface area contributed by atoms with Gasteiger partial charge in [0.15, 0.2) is 5.96 Å². The topological polar surface area (TPSA) is 68.2 Å². The summed E-state index contributed by atoms with van der Waals surface area (Å²) in [6, 6.07) is 4.04. The van der Waals surface area contributed by atoms with E-state index in [9.17, 15) is 0 Å². The van der Waals surface area contributed by atoms with Crippen LogP contribution in [0.25, 0.3) is 0 Å². The van der Waals surface area contributed by atoms with Gasteiger partial charge in [-0.3, -0.25) is 4.99 Å². The van der Waals surface area contributed by atoms with Gasteiger partial charge in [-0.25, -0.2) is 4.98 Å². The third-order valence-electron chi connectivity index (χ3n) is 6.12. The van der Waals surface area contributed by atoms with E-state index in [-0.39, 0.29) is 30.1 Å². The fourth-order valence-electron chi connectivity index (χ4n) is 4.47. The summed E-state index contributed by atoms with van der Waals surface area (Å²) in [6.45, 7) is 10.7. The zero-order valence-corrected chi connectivity index (χ0v) is 23.1. The summed E-state index contributed by atoms with van der Waals surface area (Å²) in [5.41, 5.74) is 1.14. The second kappa shape index (κ2) is 15.0. The highest BCUT2D eigenvalue weighted by molar-refractivity contribution is 14.0. The maximum absolute atomic E-state index is 6.15. The molecule has 0 aromatic carbocycles. The van der Waals surface area contributed by atoms with E-state index in [0.717, 1.165) is 63.5 Å². The Kier molecular flexibility index (Phi) is 12.8. The number of halogens is 1. The minimum atomic E-state index is 0. The van der Waals surface area contributed by atoms with Gasteiger partial charge in [0.05, 0.1) is 24.9 Å². The van der Waals surface area contributed by atoms with Crippen molar-refractivity contribution in [3.8, 4) is 5.88 Å². The first kappa shape index (κ1) is 28.1. The van der Waals surface area contributed by atoms with Crippen molar-refractivity contribution in [2.75, 3.05) is 33.4 Å². The Hall–Kier alpha value is -1.13. The molecule has 3 rings (SSSR count). The summed E-state index contributed by atoms with van der Waals surface area (Å²) < 4.78 is 17.9. The van der Waals surface area contributed by atoms with Gasteiger partial charge >= 0.3 is 0 Å². The van der Waals surface area contributed by atoms with Crippen LogP contribution in [0.5, 0.6) is 5.88 Å². The Labute approximate surface area is 217 Å². The molecule has 2 unspecified atom stereocenters. The monoisotopic (exact) mass is 574 g/mol. The number of pyridine rings is 1. The summed E-state index contributed by atoms with van der Waals surface area (Å²) >= 11 is 0. The Balaban J connectivity index is 0.00000385. The summed E-state index contributed by atoms with van der Waals surface area (Å²) in [5, 5.41) is 3.50. The molecule has 3 heterocycles. The smallest absolute Gasteiger partial charge is 0.213 e. The molecule has 33 heavy (non-hydrogen) atoms. The lowest BCUT2D eigenvalue weighted by molar-refractivity contribution is -0.0721. The van der Waals surface area contributed by atoms with Crippen molar-refractivity contribution in [2.24, 2.45) is 10.9 Å². The van der Waals surface area contributed by atoms with Crippen LogP contribution in [-0.2, 0) is 16.0 Å².